The Morgan fingerprint density at radius 3 is 2.36 bits per heavy atom. The number of benzene rings is 2. The molecule has 3 rings (SSSR count). The number of methoxy groups -OCH3 is 2. The second-order valence-electron chi connectivity index (χ2n) is 8.37. The van der Waals surface area contributed by atoms with Gasteiger partial charge in [0, 0.05) is 49.9 Å². The summed E-state index contributed by atoms with van der Waals surface area (Å²) in [5, 5.41) is 2.91. The van der Waals surface area contributed by atoms with Gasteiger partial charge in [0.15, 0.2) is 11.5 Å². The number of anilines is 1. The van der Waals surface area contributed by atoms with Gasteiger partial charge in [0.2, 0.25) is 11.8 Å². The maximum absolute atomic E-state index is 12.7. The minimum atomic E-state index is -0.439. The van der Waals surface area contributed by atoms with Crippen molar-refractivity contribution in [2.75, 3.05) is 32.7 Å². The zero-order chi connectivity index (χ0) is 24.1. The lowest BCUT2D eigenvalue weighted by molar-refractivity contribution is -0.126. The Bertz CT molecular complexity index is 1020. The van der Waals surface area contributed by atoms with Gasteiger partial charge in [-0.3, -0.25) is 14.4 Å². The number of hydrogen-bond acceptors (Lipinski definition) is 5. The third kappa shape index (κ3) is 5.45. The van der Waals surface area contributed by atoms with Gasteiger partial charge in [-0.15, -0.1) is 0 Å². The fraction of sp³-hybridized carbons (Fsp3) is 0.400. The van der Waals surface area contributed by atoms with Crippen LogP contribution in [0.2, 0.25) is 0 Å². The number of rotatable bonds is 8. The molecule has 2 aromatic rings. The van der Waals surface area contributed by atoms with Gasteiger partial charge >= 0.3 is 0 Å². The lowest BCUT2D eigenvalue weighted by Gasteiger charge is -2.21. The predicted molar refractivity (Wildman–Crippen MR) is 126 cm³/mol. The number of nitrogens with one attached hydrogen (secondary N) is 1. The zero-order valence-corrected chi connectivity index (χ0v) is 19.8. The molecule has 1 saturated heterocycles. The molecule has 1 N–H and O–H groups in total. The Morgan fingerprint density at radius 1 is 1.09 bits per heavy atom. The third-order valence-corrected chi connectivity index (χ3v) is 5.94. The minimum absolute atomic E-state index is 0.0414. The summed E-state index contributed by atoms with van der Waals surface area (Å²) >= 11 is 0. The molecule has 0 spiro atoms. The number of ether oxygens (including phenoxy) is 2. The van der Waals surface area contributed by atoms with Crippen LogP contribution in [0.25, 0.3) is 0 Å². The van der Waals surface area contributed by atoms with E-state index in [1.165, 1.54) is 7.11 Å². The molecule has 0 aliphatic carbocycles. The quantitative estimate of drug-likeness (QED) is 0.664. The van der Waals surface area contributed by atoms with Crippen molar-refractivity contribution in [3.8, 4) is 11.5 Å². The molecule has 176 valence electrons. The number of carbonyl (C=O) groups excluding carboxylic acids is 3. The Hall–Kier alpha value is -3.55. The SMILES string of the molecule is COc1ccc(N2CC(C(=O)NCc3ccc(C(=O)N(C)C(C)C)cc3)CC2=O)cc1OC. The van der Waals surface area contributed by atoms with E-state index < -0.39 is 5.92 Å². The molecule has 8 nitrogen and oxygen atoms in total. The molecule has 0 saturated carbocycles. The molecule has 2 aromatic carbocycles. The van der Waals surface area contributed by atoms with E-state index in [1.807, 2.05) is 26.0 Å². The van der Waals surface area contributed by atoms with Crippen molar-refractivity contribution in [1.82, 2.24) is 10.2 Å². The highest BCUT2D eigenvalue weighted by atomic mass is 16.5. The lowest BCUT2D eigenvalue weighted by atomic mass is 10.1. The van der Waals surface area contributed by atoms with E-state index in [1.54, 1.807) is 54.3 Å². The van der Waals surface area contributed by atoms with Crippen molar-refractivity contribution in [3.63, 3.8) is 0 Å². The second-order valence-corrected chi connectivity index (χ2v) is 8.37. The van der Waals surface area contributed by atoms with Gasteiger partial charge < -0.3 is 24.6 Å². The van der Waals surface area contributed by atoms with E-state index in [0.717, 1.165) is 5.56 Å². The van der Waals surface area contributed by atoms with Crippen LogP contribution in [0, 0.1) is 5.92 Å². The first-order valence-corrected chi connectivity index (χ1v) is 10.9. The summed E-state index contributed by atoms with van der Waals surface area (Å²) in [6.07, 6.45) is 0.148. The summed E-state index contributed by atoms with van der Waals surface area (Å²) in [5.74, 6) is 0.333. The van der Waals surface area contributed by atoms with Gasteiger partial charge in [-0.25, -0.2) is 0 Å². The largest absolute Gasteiger partial charge is 0.493 e. The van der Waals surface area contributed by atoms with E-state index in [2.05, 4.69) is 5.32 Å². The van der Waals surface area contributed by atoms with Gasteiger partial charge in [-0.05, 0) is 43.7 Å². The number of amides is 3. The highest BCUT2D eigenvalue weighted by molar-refractivity contribution is 6.00. The number of carbonyl (C=O) groups is 3. The van der Waals surface area contributed by atoms with Gasteiger partial charge in [-0.2, -0.15) is 0 Å². The minimum Gasteiger partial charge on any atom is -0.493 e. The Balaban J connectivity index is 1.58. The summed E-state index contributed by atoms with van der Waals surface area (Å²) in [5.41, 5.74) is 2.15. The molecule has 0 aromatic heterocycles. The molecule has 1 atom stereocenters. The third-order valence-electron chi connectivity index (χ3n) is 5.94. The van der Waals surface area contributed by atoms with Crippen molar-refractivity contribution in [1.29, 1.82) is 0 Å². The highest BCUT2D eigenvalue weighted by Gasteiger charge is 2.35. The van der Waals surface area contributed by atoms with Crippen LogP contribution in [0.15, 0.2) is 42.5 Å². The zero-order valence-electron chi connectivity index (χ0n) is 19.8. The Kier molecular flexibility index (Phi) is 7.58. The molecule has 1 aliphatic heterocycles. The standard InChI is InChI=1S/C25H31N3O5/c1-16(2)27(3)25(31)18-8-6-17(7-9-18)14-26-24(30)19-12-23(29)28(15-19)20-10-11-21(32-4)22(13-20)33-5/h6-11,13,16,19H,12,14-15H2,1-5H3,(H,26,30). The molecule has 1 unspecified atom stereocenters. The van der Waals surface area contributed by atoms with Gasteiger partial charge in [0.1, 0.15) is 0 Å². The summed E-state index contributed by atoms with van der Waals surface area (Å²) < 4.78 is 10.6. The van der Waals surface area contributed by atoms with E-state index in [4.69, 9.17) is 9.47 Å². The topological polar surface area (TPSA) is 88.2 Å². The monoisotopic (exact) mass is 453 g/mol. The predicted octanol–water partition coefficient (Wildman–Crippen LogP) is 2.85. The molecular formula is C25H31N3O5. The second kappa shape index (κ2) is 10.4. The van der Waals surface area contributed by atoms with E-state index in [-0.39, 0.29) is 30.2 Å². The number of hydrogen-bond donors (Lipinski definition) is 1. The van der Waals surface area contributed by atoms with Crippen molar-refractivity contribution >= 4 is 23.4 Å². The molecule has 8 heteroatoms. The molecule has 1 heterocycles. The van der Waals surface area contributed by atoms with E-state index in [0.29, 0.717) is 35.8 Å². The van der Waals surface area contributed by atoms with Crippen LogP contribution in [-0.2, 0) is 16.1 Å². The van der Waals surface area contributed by atoms with Gasteiger partial charge in [-0.1, -0.05) is 12.1 Å². The van der Waals surface area contributed by atoms with Crippen LogP contribution >= 0.6 is 0 Å². The normalized spacial score (nSPS) is 15.5. The fourth-order valence-electron chi connectivity index (χ4n) is 3.66. The smallest absolute Gasteiger partial charge is 0.253 e. The van der Waals surface area contributed by atoms with Crippen LogP contribution < -0.4 is 19.7 Å². The maximum atomic E-state index is 12.7. The molecule has 1 fully saturated rings. The summed E-state index contributed by atoms with van der Waals surface area (Å²) in [6, 6.07) is 12.6. The van der Waals surface area contributed by atoms with Crippen LogP contribution in [-0.4, -0.2) is 56.5 Å². The fourth-order valence-corrected chi connectivity index (χ4v) is 3.66. The molecule has 0 bridgehead atoms. The van der Waals surface area contributed by atoms with Gasteiger partial charge in [0.25, 0.3) is 5.91 Å². The first-order valence-electron chi connectivity index (χ1n) is 10.9. The molecule has 33 heavy (non-hydrogen) atoms. The van der Waals surface area contributed by atoms with Crippen molar-refractivity contribution in [2.45, 2.75) is 32.9 Å². The average Bonchev–Trinajstić information content (AvgIpc) is 3.22. The van der Waals surface area contributed by atoms with Crippen molar-refractivity contribution in [2.24, 2.45) is 5.92 Å². The van der Waals surface area contributed by atoms with Gasteiger partial charge in [0.05, 0.1) is 20.1 Å². The highest BCUT2D eigenvalue weighted by Crippen LogP contribution is 2.34. The maximum Gasteiger partial charge on any atom is 0.253 e. The molecule has 3 amide bonds. The molecular weight excluding hydrogens is 422 g/mol. The lowest BCUT2D eigenvalue weighted by Crippen LogP contribution is -2.33. The summed E-state index contributed by atoms with van der Waals surface area (Å²) in [4.78, 5) is 40.9. The molecule has 1 aliphatic rings. The Labute approximate surface area is 194 Å². The van der Waals surface area contributed by atoms with Crippen LogP contribution in [0.4, 0.5) is 5.69 Å². The van der Waals surface area contributed by atoms with E-state index >= 15 is 0 Å². The Morgan fingerprint density at radius 2 is 1.76 bits per heavy atom. The van der Waals surface area contributed by atoms with E-state index in [9.17, 15) is 14.4 Å². The number of nitrogens with zero attached hydrogens (tertiary/aromatic N) is 2. The first-order chi connectivity index (χ1) is 15.7. The van der Waals surface area contributed by atoms with Crippen molar-refractivity contribution in [3.05, 3.63) is 53.6 Å². The first kappa shape index (κ1) is 24.1. The summed E-state index contributed by atoms with van der Waals surface area (Å²) in [7, 11) is 4.86. The molecule has 0 radical (unpaired) electrons. The summed E-state index contributed by atoms with van der Waals surface area (Å²) in [6.45, 7) is 4.55. The average molecular weight is 454 g/mol. The van der Waals surface area contributed by atoms with Crippen LogP contribution in [0.5, 0.6) is 11.5 Å². The van der Waals surface area contributed by atoms with Crippen molar-refractivity contribution < 1.29 is 23.9 Å². The van der Waals surface area contributed by atoms with Crippen LogP contribution in [0.3, 0.4) is 0 Å². The van der Waals surface area contributed by atoms with Crippen LogP contribution in [0.1, 0.15) is 36.2 Å².